The molecular formula is C14H17N3O2. The molecule has 0 aliphatic carbocycles. The van der Waals surface area contributed by atoms with Gasteiger partial charge in [0, 0.05) is 24.8 Å². The molecule has 1 unspecified atom stereocenters. The minimum atomic E-state index is -0.831. The van der Waals surface area contributed by atoms with Crippen molar-refractivity contribution in [2.75, 3.05) is 6.61 Å². The second-order valence-electron chi connectivity index (χ2n) is 4.53. The number of rotatable bonds is 5. The van der Waals surface area contributed by atoms with E-state index in [-0.39, 0.29) is 5.97 Å². The minimum Gasteiger partial charge on any atom is -0.465 e. The average molecular weight is 259 g/mol. The van der Waals surface area contributed by atoms with Crippen LogP contribution in [0.1, 0.15) is 25.2 Å². The molecule has 19 heavy (non-hydrogen) atoms. The maximum atomic E-state index is 12.3. The van der Waals surface area contributed by atoms with Crippen LogP contribution >= 0.6 is 0 Å². The molecular weight excluding hydrogens is 242 g/mol. The predicted octanol–water partition coefficient (Wildman–Crippen LogP) is 1.87. The second-order valence-corrected chi connectivity index (χ2v) is 4.53. The molecule has 0 aliphatic heterocycles. The molecule has 0 bridgehead atoms. The number of carbonyl (C=O) groups excluding carboxylic acids is 1. The minimum absolute atomic E-state index is 0.284. The normalized spacial score (nSPS) is 13.8. The molecule has 100 valence electrons. The number of nitrogens with one attached hydrogen (secondary N) is 1. The van der Waals surface area contributed by atoms with E-state index in [2.05, 4.69) is 15.0 Å². The standard InChI is InChI=1S/C14H17N3O2/c1-3-19-13(18)14(2,12-16-7-8-17-12)9-11-5-4-6-15-10-11/h4-8,10H,3,9H2,1-2H3,(H,16,17). The zero-order valence-electron chi connectivity index (χ0n) is 11.1. The molecule has 1 N–H and O–H groups in total. The van der Waals surface area contributed by atoms with Gasteiger partial charge in [-0.1, -0.05) is 6.07 Å². The molecule has 0 aromatic carbocycles. The number of aromatic nitrogens is 3. The second kappa shape index (κ2) is 5.65. The lowest BCUT2D eigenvalue weighted by Crippen LogP contribution is -2.38. The number of pyridine rings is 1. The Labute approximate surface area is 112 Å². The molecule has 1 atom stereocenters. The van der Waals surface area contributed by atoms with Gasteiger partial charge in [0.25, 0.3) is 0 Å². The maximum absolute atomic E-state index is 12.3. The van der Waals surface area contributed by atoms with E-state index in [0.717, 1.165) is 5.56 Å². The number of aromatic amines is 1. The van der Waals surface area contributed by atoms with Crippen LogP contribution in [0.3, 0.4) is 0 Å². The zero-order valence-corrected chi connectivity index (χ0v) is 11.1. The van der Waals surface area contributed by atoms with E-state index in [1.54, 1.807) is 31.7 Å². The summed E-state index contributed by atoms with van der Waals surface area (Å²) in [6.45, 7) is 3.98. The van der Waals surface area contributed by atoms with Gasteiger partial charge in [0.15, 0.2) is 0 Å². The smallest absolute Gasteiger partial charge is 0.319 e. The Balaban J connectivity index is 2.32. The molecule has 5 nitrogen and oxygen atoms in total. The SMILES string of the molecule is CCOC(=O)C(C)(Cc1cccnc1)c1ncc[nH]1. The summed E-state index contributed by atoms with van der Waals surface area (Å²) in [6.07, 6.45) is 7.29. The van der Waals surface area contributed by atoms with Crippen molar-refractivity contribution < 1.29 is 9.53 Å². The fourth-order valence-corrected chi connectivity index (χ4v) is 2.02. The summed E-state index contributed by atoms with van der Waals surface area (Å²) in [7, 11) is 0. The van der Waals surface area contributed by atoms with Gasteiger partial charge in [-0.05, 0) is 31.9 Å². The molecule has 0 amide bonds. The summed E-state index contributed by atoms with van der Waals surface area (Å²) in [4.78, 5) is 23.6. The van der Waals surface area contributed by atoms with E-state index in [9.17, 15) is 4.79 Å². The van der Waals surface area contributed by atoms with E-state index >= 15 is 0 Å². The number of ether oxygens (including phenoxy) is 1. The zero-order chi connectivity index (χ0) is 13.7. The molecule has 0 aliphatic rings. The molecule has 0 radical (unpaired) electrons. The highest BCUT2D eigenvalue weighted by molar-refractivity contribution is 5.82. The van der Waals surface area contributed by atoms with Gasteiger partial charge in [-0.2, -0.15) is 0 Å². The molecule has 2 aromatic heterocycles. The number of imidazole rings is 1. The van der Waals surface area contributed by atoms with E-state index in [4.69, 9.17) is 4.74 Å². The van der Waals surface area contributed by atoms with Crippen LogP contribution in [0.2, 0.25) is 0 Å². The molecule has 2 heterocycles. The van der Waals surface area contributed by atoms with Crippen molar-refractivity contribution in [2.45, 2.75) is 25.7 Å². The number of hydrogen-bond donors (Lipinski definition) is 1. The van der Waals surface area contributed by atoms with E-state index < -0.39 is 5.41 Å². The molecule has 0 spiro atoms. The summed E-state index contributed by atoms with van der Waals surface area (Å²) < 4.78 is 5.18. The van der Waals surface area contributed by atoms with Crippen LogP contribution in [0, 0.1) is 0 Å². The highest BCUT2D eigenvalue weighted by atomic mass is 16.5. The number of H-pyrrole nitrogens is 1. The van der Waals surface area contributed by atoms with Gasteiger partial charge in [-0.3, -0.25) is 9.78 Å². The van der Waals surface area contributed by atoms with Crippen LogP contribution < -0.4 is 0 Å². The average Bonchev–Trinajstić information content (AvgIpc) is 2.94. The van der Waals surface area contributed by atoms with Crippen molar-refractivity contribution in [1.82, 2.24) is 15.0 Å². The predicted molar refractivity (Wildman–Crippen MR) is 70.5 cm³/mol. The van der Waals surface area contributed by atoms with Gasteiger partial charge in [0.2, 0.25) is 0 Å². The van der Waals surface area contributed by atoms with Crippen molar-refractivity contribution in [1.29, 1.82) is 0 Å². The van der Waals surface area contributed by atoms with Gasteiger partial charge in [0.1, 0.15) is 11.2 Å². The first-order valence-corrected chi connectivity index (χ1v) is 6.23. The third kappa shape index (κ3) is 2.81. The van der Waals surface area contributed by atoms with Crippen LogP contribution in [0.5, 0.6) is 0 Å². The summed E-state index contributed by atoms with van der Waals surface area (Å²) in [5.41, 5.74) is 0.136. The van der Waals surface area contributed by atoms with Crippen molar-refractivity contribution in [3.63, 3.8) is 0 Å². The third-order valence-electron chi connectivity index (χ3n) is 3.03. The molecule has 0 saturated carbocycles. The first-order chi connectivity index (χ1) is 9.16. The lowest BCUT2D eigenvalue weighted by atomic mass is 9.83. The van der Waals surface area contributed by atoms with Crippen molar-refractivity contribution in [3.05, 3.63) is 48.3 Å². The Bertz CT molecular complexity index is 525. The lowest BCUT2D eigenvalue weighted by molar-refractivity contribution is -0.149. The Hall–Kier alpha value is -2.17. The van der Waals surface area contributed by atoms with Crippen LogP contribution in [0.25, 0.3) is 0 Å². The molecule has 5 heteroatoms. The highest BCUT2D eigenvalue weighted by Gasteiger charge is 2.39. The molecule has 2 aromatic rings. The first-order valence-electron chi connectivity index (χ1n) is 6.23. The molecule has 2 rings (SSSR count). The van der Waals surface area contributed by atoms with Crippen molar-refractivity contribution in [2.24, 2.45) is 0 Å². The Morgan fingerprint density at radius 2 is 2.32 bits per heavy atom. The van der Waals surface area contributed by atoms with Gasteiger partial charge in [0.05, 0.1) is 6.61 Å². The molecule has 0 saturated heterocycles. The highest BCUT2D eigenvalue weighted by Crippen LogP contribution is 2.27. The summed E-state index contributed by atoms with van der Waals surface area (Å²) >= 11 is 0. The van der Waals surface area contributed by atoms with E-state index in [0.29, 0.717) is 18.9 Å². The number of carbonyl (C=O) groups is 1. The first kappa shape index (κ1) is 13.3. The largest absolute Gasteiger partial charge is 0.465 e. The van der Waals surface area contributed by atoms with Crippen molar-refractivity contribution in [3.8, 4) is 0 Å². The fraction of sp³-hybridized carbons (Fsp3) is 0.357. The van der Waals surface area contributed by atoms with Crippen LogP contribution in [-0.2, 0) is 21.4 Å². The lowest BCUT2D eigenvalue weighted by Gasteiger charge is -2.25. The third-order valence-corrected chi connectivity index (χ3v) is 3.03. The summed E-state index contributed by atoms with van der Waals surface area (Å²) in [5, 5.41) is 0. The summed E-state index contributed by atoms with van der Waals surface area (Å²) in [5.74, 6) is 0.323. The van der Waals surface area contributed by atoms with E-state index in [1.165, 1.54) is 0 Å². The van der Waals surface area contributed by atoms with Crippen molar-refractivity contribution >= 4 is 5.97 Å². The fourth-order valence-electron chi connectivity index (χ4n) is 2.02. The van der Waals surface area contributed by atoms with Gasteiger partial charge in [-0.25, -0.2) is 4.98 Å². The number of hydrogen-bond acceptors (Lipinski definition) is 4. The quantitative estimate of drug-likeness (QED) is 0.832. The number of esters is 1. The Morgan fingerprint density at radius 3 is 2.89 bits per heavy atom. The van der Waals surface area contributed by atoms with Gasteiger partial charge < -0.3 is 9.72 Å². The van der Waals surface area contributed by atoms with Crippen LogP contribution in [-0.4, -0.2) is 27.5 Å². The molecule has 0 fully saturated rings. The van der Waals surface area contributed by atoms with E-state index in [1.807, 2.05) is 19.1 Å². The van der Waals surface area contributed by atoms with Crippen LogP contribution in [0.4, 0.5) is 0 Å². The van der Waals surface area contributed by atoms with Gasteiger partial charge >= 0.3 is 5.97 Å². The topological polar surface area (TPSA) is 67.9 Å². The Kier molecular flexibility index (Phi) is 3.94. The van der Waals surface area contributed by atoms with Crippen LogP contribution in [0.15, 0.2) is 36.9 Å². The maximum Gasteiger partial charge on any atom is 0.319 e. The summed E-state index contributed by atoms with van der Waals surface area (Å²) in [6, 6.07) is 3.79. The number of nitrogens with zero attached hydrogens (tertiary/aromatic N) is 2. The Morgan fingerprint density at radius 1 is 1.47 bits per heavy atom. The van der Waals surface area contributed by atoms with Gasteiger partial charge in [-0.15, -0.1) is 0 Å². The monoisotopic (exact) mass is 259 g/mol.